The van der Waals surface area contributed by atoms with Crippen LogP contribution in [0.15, 0.2) is 35.9 Å². The lowest BCUT2D eigenvalue weighted by atomic mass is 9.83. The van der Waals surface area contributed by atoms with Crippen LogP contribution in [0.4, 0.5) is 0 Å². The molecule has 6 rings (SSSR count). The monoisotopic (exact) mass is 212 g/mol. The lowest BCUT2D eigenvalue weighted by Gasteiger charge is -2.23. The van der Waals surface area contributed by atoms with Crippen molar-refractivity contribution in [2.75, 3.05) is 0 Å². The maximum absolute atomic E-state index is 2.53. The van der Waals surface area contributed by atoms with Crippen LogP contribution >= 0.6 is 0 Å². The van der Waals surface area contributed by atoms with Crippen molar-refractivity contribution in [2.45, 2.75) is 44.9 Å². The van der Waals surface area contributed by atoms with Gasteiger partial charge in [0.25, 0.3) is 0 Å². The molecule has 0 spiro atoms. The molecule has 4 bridgehead atoms. The second-order valence-electron chi connectivity index (χ2n) is 5.36. The van der Waals surface area contributed by atoms with Gasteiger partial charge < -0.3 is 0 Å². The minimum Gasteiger partial charge on any atom is -0.0850 e. The molecule has 1 unspecified atom stereocenters. The van der Waals surface area contributed by atoms with Crippen LogP contribution in [0.2, 0.25) is 0 Å². The Morgan fingerprint density at radius 3 is 2.12 bits per heavy atom. The smallest absolute Gasteiger partial charge is 0.0241 e. The first kappa shape index (κ1) is 10.1. The molecular formula is C16H20. The molecule has 0 heteroatoms. The standard InChI is InChI=1S/C16H20/c1-2-14-4-3-13(1)9-10-15-5-7-16(8-6-15)12-11-14/h1-5,16H,6-12H2. The van der Waals surface area contributed by atoms with Crippen LogP contribution in [-0.2, 0) is 12.8 Å². The van der Waals surface area contributed by atoms with E-state index in [1.54, 1.807) is 5.57 Å². The maximum Gasteiger partial charge on any atom is -0.0241 e. The van der Waals surface area contributed by atoms with Crippen molar-refractivity contribution in [1.29, 1.82) is 0 Å². The Morgan fingerprint density at radius 1 is 0.750 bits per heavy atom. The fourth-order valence-corrected chi connectivity index (χ4v) is 2.98. The van der Waals surface area contributed by atoms with Crippen LogP contribution in [0, 0.1) is 5.92 Å². The van der Waals surface area contributed by atoms with E-state index in [1.165, 1.54) is 56.1 Å². The molecule has 1 aromatic rings. The highest BCUT2D eigenvalue weighted by molar-refractivity contribution is 5.24. The number of aryl methyl sites for hydroxylation is 2. The van der Waals surface area contributed by atoms with Crippen LogP contribution in [-0.4, -0.2) is 0 Å². The summed E-state index contributed by atoms with van der Waals surface area (Å²) in [5.74, 6) is 0.947. The fourth-order valence-electron chi connectivity index (χ4n) is 2.98. The molecule has 1 atom stereocenters. The molecule has 0 aliphatic heterocycles. The van der Waals surface area contributed by atoms with Crippen molar-refractivity contribution < 1.29 is 0 Å². The van der Waals surface area contributed by atoms with Crippen LogP contribution in [0.1, 0.15) is 43.2 Å². The average Bonchev–Trinajstić information content (AvgIpc) is 2.33. The first-order chi connectivity index (χ1) is 7.90. The average molecular weight is 212 g/mol. The van der Waals surface area contributed by atoms with E-state index in [4.69, 9.17) is 0 Å². The molecule has 5 aliphatic rings. The lowest BCUT2D eigenvalue weighted by molar-refractivity contribution is 0.432. The van der Waals surface area contributed by atoms with Crippen molar-refractivity contribution in [3.63, 3.8) is 0 Å². The fraction of sp³-hybridized carbons (Fsp3) is 0.500. The number of allylic oxidation sites excluding steroid dienone is 2. The molecule has 5 aliphatic carbocycles. The van der Waals surface area contributed by atoms with Crippen LogP contribution < -0.4 is 0 Å². The van der Waals surface area contributed by atoms with Gasteiger partial charge in [-0.15, -0.1) is 0 Å². The van der Waals surface area contributed by atoms with Crippen molar-refractivity contribution >= 4 is 0 Å². The van der Waals surface area contributed by atoms with Gasteiger partial charge in [-0.25, -0.2) is 0 Å². The number of hydrogen-bond acceptors (Lipinski definition) is 0. The van der Waals surface area contributed by atoms with E-state index in [2.05, 4.69) is 30.3 Å². The minimum absolute atomic E-state index is 0.947. The first-order valence-corrected chi connectivity index (χ1v) is 6.66. The van der Waals surface area contributed by atoms with Crippen LogP contribution in [0.3, 0.4) is 0 Å². The Morgan fingerprint density at radius 2 is 1.44 bits per heavy atom. The lowest BCUT2D eigenvalue weighted by Crippen LogP contribution is -2.08. The summed E-state index contributed by atoms with van der Waals surface area (Å²) in [6, 6.07) is 9.31. The number of rotatable bonds is 0. The summed E-state index contributed by atoms with van der Waals surface area (Å²) in [6.07, 6.45) is 11.8. The van der Waals surface area contributed by atoms with E-state index in [-0.39, 0.29) is 0 Å². The second kappa shape index (κ2) is 4.45. The summed E-state index contributed by atoms with van der Waals surface area (Å²) >= 11 is 0. The normalized spacial score (nSPS) is 24.8. The van der Waals surface area contributed by atoms with Gasteiger partial charge >= 0.3 is 0 Å². The summed E-state index contributed by atoms with van der Waals surface area (Å²) in [4.78, 5) is 0. The predicted molar refractivity (Wildman–Crippen MR) is 68.5 cm³/mol. The molecule has 0 amide bonds. The van der Waals surface area contributed by atoms with Gasteiger partial charge in [0.15, 0.2) is 0 Å². The summed E-state index contributed by atoms with van der Waals surface area (Å²) in [7, 11) is 0. The molecule has 0 saturated heterocycles. The molecule has 1 aromatic carbocycles. The SMILES string of the molecule is C1=C2CCc3ccc(cc3)CCC(C1)CC2. The van der Waals surface area contributed by atoms with E-state index in [1.807, 2.05) is 0 Å². The summed E-state index contributed by atoms with van der Waals surface area (Å²) < 4.78 is 0. The van der Waals surface area contributed by atoms with Gasteiger partial charge in [0.05, 0.1) is 0 Å². The molecular weight excluding hydrogens is 192 g/mol. The quantitative estimate of drug-likeness (QED) is 0.563. The van der Waals surface area contributed by atoms with Crippen molar-refractivity contribution in [3.8, 4) is 0 Å². The molecule has 0 fully saturated rings. The topological polar surface area (TPSA) is 0 Å². The van der Waals surface area contributed by atoms with Crippen molar-refractivity contribution in [2.24, 2.45) is 5.92 Å². The summed E-state index contributed by atoms with van der Waals surface area (Å²) in [6.45, 7) is 0. The third-order valence-electron chi connectivity index (χ3n) is 4.21. The third kappa shape index (κ3) is 2.21. The van der Waals surface area contributed by atoms with Gasteiger partial charge in [-0.3, -0.25) is 0 Å². The Labute approximate surface area is 98.4 Å². The molecule has 16 heavy (non-hydrogen) atoms. The van der Waals surface area contributed by atoms with Crippen LogP contribution in [0.5, 0.6) is 0 Å². The highest BCUT2D eigenvalue weighted by Crippen LogP contribution is 2.30. The Kier molecular flexibility index (Phi) is 2.82. The number of benzene rings is 1. The Hall–Kier alpha value is -1.04. The third-order valence-corrected chi connectivity index (χ3v) is 4.21. The largest absolute Gasteiger partial charge is 0.0850 e. The van der Waals surface area contributed by atoms with Crippen molar-refractivity contribution in [3.05, 3.63) is 47.0 Å². The van der Waals surface area contributed by atoms with Gasteiger partial charge in [-0.1, -0.05) is 35.9 Å². The Balaban J connectivity index is 1.86. The van der Waals surface area contributed by atoms with Gasteiger partial charge in [0.2, 0.25) is 0 Å². The van der Waals surface area contributed by atoms with Crippen LogP contribution in [0.25, 0.3) is 0 Å². The molecule has 84 valence electrons. The van der Waals surface area contributed by atoms with Gasteiger partial charge in [-0.05, 0) is 62.0 Å². The highest BCUT2D eigenvalue weighted by atomic mass is 14.2. The highest BCUT2D eigenvalue weighted by Gasteiger charge is 2.15. The van der Waals surface area contributed by atoms with E-state index < -0.39 is 0 Å². The molecule has 0 saturated carbocycles. The molecule has 0 aromatic heterocycles. The Bertz CT molecular complexity index is 383. The predicted octanol–water partition coefficient (Wildman–Crippen LogP) is 4.29. The molecule has 0 nitrogen and oxygen atoms in total. The van der Waals surface area contributed by atoms with E-state index in [0.29, 0.717) is 0 Å². The zero-order valence-electron chi connectivity index (χ0n) is 9.91. The zero-order chi connectivity index (χ0) is 10.8. The summed E-state index contributed by atoms with van der Waals surface area (Å²) in [5.41, 5.74) is 4.74. The molecule has 0 radical (unpaired) electrons. The first-order valence-electron chi connectivity index (χ1n) is 6.66. The van der Waals surface area contributed by atoms with Gasteiger partial charge in [0.1, 0.15) is 0 Å². The maximum atomic E-state index is 2.53. The van der Waals surface area contributed by atoms with Gasteiger partial charge in [0, 0.05) is 0 Å². The van der Waals surface area contributed by atoms with E-state index >= 15 is 0 Å². The van der Waals surface area contributed by atoms with E-state index in [0.717, 1.165) is 5.92 Å². The second-order valence-corrected chi connectivity index (χ2v) is 5.36. The molecule has 0 heterocycles. The van der Waals surface area contributed by atoms with E-state index in [9.17, 15) is 0 Å². The summed E-state index contributed by atoms with van der Waals surface area (Å²) in [5, 5.41) is 0. The zero-order valence-corrected chi connectivity index (χ0v) is 9.91. The molecule has 0 N–H and O–H groups in total. The van der Waals surface area contributed by atoms with Gasteiger partial charge in [-0.2, -0.15) is 0 Å². The van der Waals surface area contributed by atoms with Crippen molar-refractivity contribution in [1.82, 2.24) is 0 Å². The number of hydrogen-bond donors (Lipinski definition) is 0. The minimum atomic E-state index is 0.947.